The van der Waals surface area contributed by atoms with E-state index in [4.69, 9.17) is 0 Å². The maximum Gasteiger partial charge on any atom is 0.377 e. The van der Waals surface area contributed by atoms with Crippen molar-refractivity contribution >= 4 is 28.6 Å². The van der Waals surface area contributed by atoms with Gasteiger partial charge in [0.25, 0.3) is 0 Å². The zero-order chi connectivity index (χ0) is 12.1. The van der Waals surface area contributed by atoms with Gasteiger partial charge >= 0.3 is 11.9 Å². The van der Waals surface area contributed by atoms with Crippen molar-refractivity contribution in [2.75, 3.05) is 6.61 Å². The van der Waals surface area contributed by atoms with Crippen molar-refractivity contribution < 1.29 is 18.3 Å². The number of ether oxygens (including phenoxy) is 1. The largest absolute Gasteiger partial charge is 0.462 e. The Kier molecular flexibility index (Phi) is 6.63. The van der Waals surface area contributed by atoms with E-state index in [2.05, 4.69) is 4.74 Å². The van der Waals surface area contributed by atoms with E-state index in [1.54, 1.807) is 0 Å². The third kappa shape index (κ3) is 4.20. The second-order valence-electron chi connectivity index (χ2n) is 3.44. The van der Waals surface area contributed by atoms with Gasteiger partial charge < -0.3 is 4.74 Å². The van der Waals surface area contributed by atoms with E-state index in [-0.39, 0.29) is 10.5 Å². The summed E-state index contributed by atoms with van der Waals surface area (Å²) in [5, 5.41) is 0. The van der Waals surface area contributed by atoms with Gasteiger partial charge in [-0.15, -0.1) is 0 Å². The SMILES string of the molecule is CCCC(I)C(C)C(F)(F)C(=O)OCC. The normalized spacial score (nSPS) is 15.9. The van der Waals surface area contributed by atoms with Crippen molar-refractivity contribution in [3.05, 3.63) is 0 Å². The van der Waals surface area contributed by atoms with Crippen molar-refractivity contribution in [1.82, 2.24) is 0 Å². The molecule has 0 radical (unpaired) electrons. The first-order chi connectivity index (χ1) is 6.87. The lowest BCUT2D eigenvalue weighted by Gasteiger charge is -2.25. The Balaban J connectivity index is 4.48. The maximum atomic E-state index is 13.5. The van der Waals surface area contributed by atoms with Crippen LogP contribution in [0.4, 0.5) is 8.78 Å². The van der Waals surface area contributed by atoms with Crippen molar-refractivity contribution in [2.24, 2.45) is 5.92 Å². The molecule has 0 amide bonds. The average molecular weight is 334 g/mol. The fourth-order valence-electron chi connectivity index (χ4n) is 1.17. The molecular weight excluding hydrogens is 317 g/mol. The summed E-state index contributed by atoms with van der Waals surface area (Å²) in [4.78, 5) is 11.0. The van der Waals surface area contributed by atoms with Crippen LogP contribution < -0.4 is 0 Å². The Morgan fingerprint density at radius 1 is 1.47 bits per heavy atom. The Labute approximate surface area is 103 Å². The van der Waals surface area contributed by atoms with Gasteiger partial charge in [-0.3, -0.25) is 0 Å². The number of carbonyl (C=O) groups excluding carboxylic acids is 1. The Bertz CT molecular complexity index is 210. The molecular formula is C10H17F2IO2. The fourth-order valence-corrected chi connectivity index (χ4v) is 2.24. The molecule has 0 aliphatic carbocycles. The van der Waals surface area contributed by atoms with Crippen molar-refractivity contribution in [3.63, 3.8) is 0 Å². The predicted molar refractivity (Wildman–Crippen MR) is 63.5 cm³/mol. The highest BCUT2D eigenvalue weighted by Crippen LogP contribution is 2.34. The number of halogens is 3. The van der Waals surface area contributed by atoms with E-state index in [1.165, 1.54) is 13.8 Å². The standard InChI is InChI=1S/C10H17F2IO2/c1-4-6-8(13)7(3)10(11,12)9(14)15-5-2/h7-8H,4-6H2,1-3H3. The van der Waals surface area contributed by atoms with Gasteiger partial charge in [-0.25, -0.2) is 4.79 Å². The molecule has 0 aromatic rings. The van der Waals surface area contributed by atoms with E-state index in [9.17, 15) is 13.6 Å². The minimum atomic E-state index is -3.38. The fraction of sp³-hybridized carbons (Fsp3) is 0.900. The van der Waals surface area contributed by atoms with Crippen LogP contribution >= 0.6 is 22.6 Å². The van der Waals surface area contributed by atoms with E-state index in [0.717, 1.165) is 6.42 Å². The summed E-state index contributed by atoms with van der Waals surface area (Å²) in [5.74, 6) is -5.77. The summed E-state index contributed by atoms with van der Waals surface area (Å²) < 4.78 is 31.1. The second kappa shape index (κ2) is 6.60. The third-order valence-electron chi connectivity index (χ3n) is 2.23. The highest BCUT2D eigenvalue weighted by molar-refractivity contribution is 14.1. The van der Waals surface area contributed by atoms with Crippen molar-refractivity contribution in [3.8, 4) is 0 Å². The van der Waals surface area contributed by atoms with Gasteiger partial charge in [-0.05, 0) is 13.3 Å². The number of carbonyl (C=O) groups is 1. The van der Waals surface area contributed by atoms with Crippen LogP contribution in [-0.4, -0.2) is 22.4 Å². The first-order valence-corrected chi connectivity index (χ1v) is 6.31. The quantitative estimate of drug-likeness (QED) is 0.423. The van der Waals surface area contributed by atoms with Gasteiger partial charge in [-0.2, -0.15) is 8.78 Å². The van der Waals surface area contributed by atoms with Crippen LogP contribution in [0.1, 0.15) is 33.6 Å². The first-order valence-electron chi connectivity index (χ1n) is 5.06. The molecule has 2 atom stereocenters. The van der Waals surface area contributed by atoms with E-state index >= 15 is 0 Å². The zero-order valence-electron chi connectivity index (χ0n) is 9.23. The zero-order valence-corrected chi connectivity index (χ0v) is 11.4. The van der Waals surface area contributed by atoms with Gasteiger partial charge in [-0.1, -0.05) is 42.9 Å². The molecule has 0 rings (SSSR count). The van der Waals surface area contributed by atoms with Crippen molar-refractivity contribution in [2.45, 2.75) is 43.5 Å². The van der Waals surface area contributed by atoms with Gasteiger partial charge in [0.05, 0.1) is 6.61 Å². The molecule has 0 aliphatic heterocycles. The van der Waals surface area contributed by atoms with Gasteiger partial charge in [0.15, 0.2) is 0 Å². The monoisotopic (exact) mass is 334 g/mol. The highest BCUT2D eigenvalue weighted by atomic mass is 127. The summed E-state index contributed by atoms with van der Waals surface area (Å²) in [5.41, 5.74) is 0. The first kappa shape index (κ1) is 15.1. The summed E-state index contributed by atoms with van der Waals surface area (Å²) in [6.07, 6.45) is 1.51. The number of hydrogen-bond acceptors (Lipinski definition) is 2. The molecule has 0 saturated carbocycles. The Morgan fingerprint density at radius 2 is 2.00 bits per heavy atom. The molecule has 0 spiro atoms. The van der Waals surface area contributed by atoms with Crippen molar-refractivity contribution in [1.29, 1.82) is 0 Å². The van der Waals surface area contributed by atoms with Crippen LogP contribution in [-0.2, 0) is 9.53 Å². The number of hydrogen-bond donors (Lipinski definition) is 0. The molecule has 0 aliphatic rings. The molecule has 0 heterocycles. The minimum Gasteiger partial charge on any atom is -0.462 e. The molecule has 2 nitrogen and oxygen atoms in total. The van der Waals surface area contributed by atoms with Crippen LogP contribution in [0.2, 0.25) is 0 Å². The van der Waals surface area contributed by atoms with E-state index in [0.29, 0.717) is 6.42 Å². The number of esters is 1. The van der Waals surface area contributed by atoms with Gasteiger partial charge in [0.1, 0.15) is 0 Å². The van der Waals surface area contributed by atoms with Gasteiger partial charge in [0.2, 0.25) is 0 Å². The maximum absolute atomic E-state index is 13.5. The molecule has 15 heavy (non-hydrogen) atoms. The van der Waals surface area contributed by atoms with Crippen LogP contribution in [0.25, 0.3) is 0 Å². The Hall–Kier alpha value is 0.0600. The molecule has 0 fully saturated rings. The molecule has 2 unspecified atom stereocenters. The Morgan fingerprint density at radius 3 is 2.40 bits per heavy atom. The summed E-state index contributed by atoms with van der Waals surface area (Å²) >= 11 is 1.97. The minimum absolute atomic E-state index is 0.0131. The molecule has 0 bridgehead atoms. The topological polar surface area (TPSA) is 26.3 Å². The van der Waals surface area contributed by atoms with Crippen LogP contribution in [0, 0.1) is 5.92 Å². The molecule has 0 N–H and O–H groups in total. The van der Waals surface area contributed by atoms with Crippen LogP contribution in [0.5, 0.6) is 0 Å². The number of alkyl halides is 3. The summed E-state index contributed by atoms with van der Waals surface area (Å²) in [6, 6.07) is 0. The molecule has 90 valence electrons. The highest BCUT2D eigenvalue weighted by Gasteiger charge is 2.48. The smallest absolute Gasteiger partial charge is 0.377 e. The molecule has 5 heteroatoms. The number of rotatable bonds is 6. The van der Waals surface area contributed by atoms with Crippen LogP contribution in [0.15, 0.2) is 0 Å². The predicted octanol–water partition coefficient (Wildman–Crippen LogP) is 3.42. The van der Waals surface area contributed by atoms with Gasteiger partial charge in [0, 0.05) is 9.84 Å². The van der Waals surface area contributed by atoms with E-state index < -0.39 is 17.8 Å². The lowest BCUT2D eigenvalue weighted by molar-refractivity contribution is -0.178. The van der Waals surface area contributed by atoms with Crippen LogP contribution in [0.3, 0.4) is 0 Å². The lowest BCUT2D eigenvalue weighted by atomic mass is 9.97. The molecule has 0 aromatic carbocycles. The second-order valence-corrected chi connectivity index (χ2v) is 5.04. The molecule has 0 aromatic heterocycles. The lowest BCUT2D eigenvalue weighted by Crippen LogP contribution is -2.41. The molecule has 0 saturated heterocycles. The summed E-state index contributed by atoms with van der Waals surface area (Å²) in [7, 11) is 0. The van der Waals surface area contributed by atoms with E-state index in [1.807, 2.05) is 29.5 Å². The summed E-state index contributed by atoms with van der Waals surface area (Å²) in [6.45, 7) is 4.83. The average Bonchev–Trinajstić information content (AvgIpc) is 2.17. The third-order valence-corrected chi connectivity index (χ3v) is 3.93.